The highest BCUT2D eigenvalue weighted by Gasteiger charge is 2.37. The van der Waals surface area contributed by atoms with Gasteiger partial charge in [0, 0.05) is 16.9 Å². The Labute approximate surface area is 93.7 Å². The summed E-state index contributed by atoms with van der Waals surface area (Å²) in [5, 5.41) is 3.56. The van der Waals surface area contributed by atoms with Gasteiger partial charge in [0.05, 0.1) is 12.4 Å². The molecule has 0 radical (unpaired) electrons. The van der Waals surface area contributed by atoms with Crippen LogP contribution < -0.4 is 0 Å². The highest BCUT2D eigenvalue weighted by molar-refractivity contribution is 9.09. The smallest absolute Gasteiger partial charge is 0.116 e. The topological polar surface area (TPSA) is 27.7 Å². The molecule has 1 aliphatic carbocycles. The van der Waals surface area contributed by atoms with Gasteiger partial charge in [0.25, 0.3) is 0 Å². The number of halogens is 3. The van der Waals surface area contributed by atoms with Crippen molar-refractivity contribution in [3.05, 3.63) is 0 Å². The monoisotopic (exact) mass is 292 g/mol. The van der Waals surface area contributed by atoms with E-state index in [1.165, 1.54) is 7.11 Å². The molecular weight excluding hydrogens is 282 g/mol. The Morgan fingerprint density at radius 3 is 2.64 bits per heavy atom. The second kappa shape index (κ2) is 6.22. The molecule has 0 aromatic rings. The third-order valence-corrected chi connectivity index (χ3v) is 3.78. The number of alkyl halides is 3. The molecule has 4 atom stereocenters. The van der Waals surface area contributed by atoms with Crippen LogP contribution in [-0.4, -0.2) is 29.5 Å². The lowest BCUT2D eigenvalue weighted by molar-refractivity contribution is -0.447. The van der Waals surface area contributed by atoms with Gasteiger partial charge in [-0.15, -0.1) is 4.33 Å². The van der Waals surface area contributed by atoms with Gasteiger partial charge < -0.3 is 0 Å². The van der Waals surface area contributed by atoms with Crippen LogP contribution in [0.5, 0.6) is 0 Å². The van der Waals surface area contributed by atoms with E-state index >= 15 is 0 Å². The van der Waals surface area contributed by atoms with E-state index in [1.807, 2.05) is 0 Å². The molecule has 84 valence electrons. The lowest BCUT2D eigenvalue weighted by atomic mass is 9.96. The fraction of sp³-hybridized carbons (Fsp3) is 1.00. The molecule has 0 bridgehead atoms. The Hall–Kier alpha value is 0.570. The van der Waals surface area contributed by atoms with Crippen molar-refractivity contribution >= 4 is 28.0 Å². The predicted molar refractivity (Wildman–Crippen MR) is 52.3 cm³/mol. The molecule has 0 aliphatic heterocycles. The van der Waals surface area contributed by atoms with Crippen LogP contribution in [0.25, 0.3) is 0 Å². The van der Waals surface area contributed by atoms with Crippen LogP contribution in [-0.2, 0) is 14.3 Å². The first-order valence-electron chi connectivity index (χ1n) is 4.10. The molecule has 0 aromatic carbocycles. The van der Waals surface area contributed by atoms with Gasteiger partial charge in [0.2, 0.25) is 0 Å². The largest absolute Gasteiger partial charge is 0.246 e. The third-order valence-electron chi connectivity index (χ3n) is 1.96. The zero-order valence-electron chi connectivity index (χ0n) is 7.49. The van der Waals surface area contributed by atoms with Crippen LogP contribution in [0.15, 0.2) is 0 Å². The number of rotatable bonds is 4. The van der Waals surface area contributed by atoms with Crippen LogP contribution >= 0.6 is 28.0 Å². The predicted octanol–water partition coefficient (Wildman–Crippen LogP) is 2.75. The minimum Gasteiger partial charge on any atom is -0.246 e. The second-order valence-electron chi connectivity index (χ2n) is 2.96. The van der Waals surface area contributed by atoms with E-state index in [0.29, 0.717) is 0 Å². The first kappa shape index (κ1) is 12.6. The molecule has 0 N–H and O–H groups in total. The summed E-state index contributed by atoms with van der Waals surface area (Å²) >= 11 is 3.84. The quantitative estimate of drug-likeness (QED) is 0.262. The van der Waals surface area contributed by atoms with Crippen molar-refractivity contribution in [1.29, 1.82) is 0 Å². The first-order valence-corrected chi connectivity index (χ1v) is 5.82. The molecule has 14 heavy (non-hydrogen) atoms. The number of hydrogen-bond donors (Lipinski definition) is 0. The van der Waals surface area contributed by atoms with E-state index in [-0.39, 0.29) is 12.8 Å². The lowest BCUT2D eigenvalue weighted by Gasteiger charge is -2.29. The van der Waals surface area contributed by atoms with Gasteiger partial charge in [-0.1, -0.05) is 21.0 Å². The van der Waals surface area contributed by atoms with Crippen LogP contribution in [0.1, 0.15) is 12.8 Å². The maximum absolute atomic E-state index is 13.3. The van der Waals surface area contributed by atoms with Crippen molar-refractivity contribution in [2.24, 2.45) is 0 Å². The van der Waals surface area contributed by atoms with Crippen molar-refractivity contribution in [3.8, 4) is 0 Å². The molecule has 7 heteroatoms. The van der Waals surface area contributed by atoms with Gasteiger partial charge in [-0.05, 0) is 12.8 Å². The highest BCUT2D eigenvalue weighted by Crippen LogP contribution is 2.36. The molecule has 0 aromatic heterocycles. The summed E-state index contributed by atoms with van der Waals surface area (Å²) in [5.74, 6) is 0. The first-order chi connectivity index (χ1) is 6.65. The van der Waals surface area contributed by atoms with Crippen molar-refractivity contribution in [1.82, 2.24) is 0 Å². The second-order valence-corrected chi connectivity index (χ2v) is 5.07. The molecule has 1 rings (SSSR count). The zero-order chi connectivity index (χ0) is 10.6. The SMILES string of the molecule is COOOSC1CC(F)C(Br)CC1F. The summed E-state index contributed by atoms with van der Waals surface area (Å²) in [6.45, 7) is 0. The van der Waals surface area contributed by atoms with Gasteiger partial charge in [-0.3, -0.25) is 0 Å². The van der Waals surface area contributed by atoms with Crippen molar-refractivity contribution in [2.75, 3.05) is 7.11 Å². The van der Waals surface area contributed by atoms with Gasteiger partial charge in [-0.2, -0.15) is 0 Å². The van der Waals surface area contributed by atoms with Crippen molar-refractivity contribution < 1.29 is 23.0 Å². The standard InChI is InChI=1S/C7H11BrF2O3S/c1-11-12-13-14-7-3-5(9)4(8)2-6(7)10/h4-7H,2-3H2,1H3. The number of hydrogen-bond acceptors (Lipinski definition) is 4. The van der Waals surface area contributed by atoms with E-state index in [2.05, 4.69) is 30.2 Å². The van der Waals surface area contributed by atoms with E-state index in [0.717, 1.165) is 12.0 Å². The van der Waals surface area contributed by atoms with Gasteiger partial charge in [0.15, 0.2) is 0 Å². The molecule has 1 saturated carbocycles. The summed E-state index contributed by atoms with van der Waals surface area (Å²) in [7, 11) is 1.26. The fourth-order valence-electron chi connectivity index (χ4n) is 1.23. The Kier molecular flexibility index (Phi) is 5.61. The maximum atomic E-state index is 13.3. The van der Waals surface area contributed by atoms with Crippen molar-refractivity contribution in [3.63, 3.8) is 0 Å². The Balaban J connectivity index is 2.29. The summed E-state index contributed by atoms with van der Waals surface area (Å²) in [6.07, 6.45) is -1.90. The Bertz CT molecular complexity index is 177. The maximum Gasteiger partial charge on any atom is 0.116 e. The average molecular weight is 293 g/mol. The zero-order valence-corrected chi connectivity index (χ0v) is 9.89. The summed E-state index contributed by atoms with van der Waals surface area (Å²) in [5.41, 5.74) is 0. The molecule has 1 aliphatic rings. The van der Waals surface area contributed by atoms with Gasteiger partial charge in [0.1, 0.15) is 12.3 Å². The van der Waals surface area contributed by atoms with Crippen LogP contribution in [0.2, 0.25) is 0 Å². The van der Waals surface area contributed by atoms with E-state index in [9.17, 15) is 8.78 Å². The summed E-state index contributed by atoms with van der Waals surface area (Å²) < 4.78 is 30.9. The fourth-order valence-corrected chi connectivity index (χ4v) is 2.48. The Morgan fingerprint density at radius 2 is 2.00 bits per heavy atom. The molecule has 4 unspecified atom stereocenters. The molecule has 0 saturated heterocycles. The lowest BCUT2D eigenvalue weighted by Crippen LogP contribution is -2.36. The van der Waals surface area contributed by atoms with Crippen molar-refractivity contribution in [2.45, 2.75) is 35.3 Å². The molecule has 3 nitrogen and oxygen atoms in total. The summed E-state index contributed by atoms with van der Waals surface area (Å²) in [6, 6.07) is 0. The van der Waals surface area contributed by atoms with E-state index in [4.69, 9.17) is 0 Å². The molecule has 0 heterocycles. The van der Waals surface area contributed by atoms with Crippen LogP contribution in [0.4, 0.5) is 8.78 Å². The van der Waals surface area contributed by atoms with Crippen LogP contribution in [0, 0.1) is 0 Å². The van der Waals surface area contributed by atoms with E-state index in [1.54, 1.807) is 0 Å². The highest BCUT2D eigenvalue weighted by atomic mass is 79.9. The molecular formula is C7H11BrF2O3S. The third kappa shape index (κ3) is 3.62. The minimum atomic E-state index is -1.10. The van der Waals surface area contributed by atoms with Gasteiger partial charge in [-0.25, -0.2) is 13.7 Å². The van der Waals surface area contributed by atoms with E-state index < -0.39 is 22.4 Å². The minimum absolute atomic E-state index is 0.106. The molecule has 0 amide bonds. The Morgan fingerprint density at radius 1 is 1.29 bits per heavy atom. The average Bonchev–Trinajstić information content (AvgIpc) is 2.14. The van der Waals surface area contributed by atoms with Gasteiger partial charge >= 0.3 is 0 Å². The normalized spacial score (nSPS) is 38.6. The summed E-state index contributed by atoms with van der Waals surface area (Å²) in [4.78, 5) is 3.74. The molecule has 1 fully saturated rings. The molecule has 0 spiro atoms. The van der Waals surface area contributed by atoms with Crippen LogP contribution in [0.3, 0.4) is 0 Å².